The summed E-state index contributed by atoms with van der Waals surface area (Å²) in [4.78, 5) is 0. The molecular weight excluding hydrogens is 268 g/mol. The zero-order valence-corrected chi connectivity index (χ0v) is 12.5. The monoisotopic (exact) mass is 288 g/mol. The van der Waals surface area contributed by atoms with Gasteiger partial charge in [-0.05, 0) is 35.0 Å². The second-order valence-corrected chi connectivity index (χ2v) is 5.00. The SMILES string of the molecule is COCCCNC(=S)NCc1cccc2ccccc12. The standard InChI is InChI=1S/C16H20N2OS/c1-19-11-5-10-17-16(20)18-12-14-8-4-7-13-6-2-3-9-15(13)14/h2-4,6-9H,5,10-12H2,1H3,(H2,17,18,20). The van der Waals surface area contributed by atoms with Crippen LogP contribution in [0.2, 0.25) is 0 Å². The highest BCUT2D eigenvalue weighted by atomic mass is 32.1. The van der Waals surface area contributed by atoms with Gasteiger partial charge < -0.3 is 15.4 Å². The van der Waals surface area contributed by atoms with Crippen molar-refractivity contribution >= 4 is 28.1 Å². The first kappa shape index (κ1) is 14.8. The van der Waals surface area contributed by atoms with Crippen molar-refractivity contribution in [1.82, 2.24) is 10.6 Å². The average Bonchev–Trinajstić information content (AvgIpc) is 2.49. The highest BCUT2D eigenvalue weighted by molar-refractivity contribution is 7.80. The fourth-order valence-electron chi connectivity index (χ4n) is 2.10. The van der Waals surface area contributed by atoms with Crippen LogP contribution in [0.3, 0.4) is 0 Å². The molecule has 4 heteroatoms. The van der Waals surface area contributed by atoms with Crippen LogP contribution in [0.4, 0.5) is 0 Å². The van der Waals surface area contributed by atoms with Crippen molar-refractivity contribution < 1.29 is 4.74 Å². The van der Waals surface area contributed by atoms with Gasteiger partial charge in [0.05, 0.1) is 0 Å². The number of nitrogens with one attached hydrogen (secondary N) is 2. The molecule has 0 spiro atoms. The molecule has 0 saturated heterocycles. The molecule has 0 amide bonds. The summed E-state index contributed by atoms with van der Waals surface area (Å²) in [6.45, 7) is 2.31. The molecule has 0 radical (unpaired) electrons. The number of ether oxygens (including phenoxy) is 1. The maximum atomic E-state index is 5.26. The third kappa shape index (κ3) is 4.18. The maximum Gasteiger partial charge on any atom is 0.166 e. The number of rotatable bonds is 6. The van der Waals surface area contributed by atoms with Crippen LogP contribution in [0.25, 0.3) is 10.8 Å². The number of hydrogen-bond acceptors (Lipinski definition) is 2. The Hall–Kier alpha value is -1.65. The first-order chi connectivity index (χ1) is 9.81. The van der Waals surface area contributed by atoms with E-state index in [4.69, 9.17) is 17.0 Å². The van der Waals surface area contributed by atoms with Gasteiger partial charge in [-0.3, -0.25) is 0 Å². The summed E-state index contributed by atoms with van der Waals surface area (Å²) in [5.41, 5.74) is 1.25. The summed E-state index contributed by atoms with van der Waals surface area (Å²) in [5.74, 6) is 0. The predicted octanol–water partition coefficient (Wildman–Crippen LogP) is 2.84. The maximum absolute atomic E-state index is 5.26. The Morgan fingerprint density at radius 1 is 1.10 bits per heavy atom. The lowest BCUT2D eigenvalue weighted by Gasteiger charge is -2.12. The smallest absolute Gasteiger partial charge is 0.166 e. The van der Waals surface area contributed by atoms with Gasteiger partial charge >= 0.3 is 0 Å². The van der Waals surface area contributed by atoms with Crippen LogP contribution in [0, 0.1) is 0 Å². The van der Waals surface area contributed by atoms with Crippen LogP contribution >= 0.6 is 12.2 Å². The molecule has 2 N–H and O–H groups in total. The van der Waals surface area contributed by atoms with E-state index in [2.05, 4.69) is 53.1 Å². The van der Waals surface area contributed by atoms with Crippen LogP contribution < -0.4 is 10.6 Å². The van der Waals surface area contributed by atoms with Crippen molar-refractivity contribution in [1.29, 1.82) is 0 Å². The second kappa shape index (κ2) is 7.82. The topological polar surface area (TPSA) is 33.3 Å². The minimum atomic E-state index is 0.689. The highest BCUT2D eigenvalue weighted by Gasteiger charge is 2.01. The van der Waals surface area contributed by atoms with E-state index >= 15 is 0 Å². The molecular formula is C16H20N2OS. The number of fused-ring (bicyclic) bond motifs is 1. The third-order valence-corrected chi connectivity index (χ3v) is 3.42. The van der Waals surface area contributed by atoms with E-state index in [9.17, 15) is 0 Å². The molecule has 2 aromatic rings. The van der Waals surface area contributed by atoms with Gasteiger partial charge in [0.25, 0.3) is 0 Å². The molecule has 0 aliphatic carbocycles. The van der Waals surface area contributed by atoms with Gasteiger partial charge in [-0.15, -0.1) is 0 Å². The Kier molecular flexibility index (Phi) is 5.77. The fourth-order valence-corrected chi connectivity index (χ4v) is 2.28. The highest BCUT2D eigenvalue weighted by Crippen LogP contribution is 2.18. The van der Waals surface area contributed by atoms with Crippen molar-refractivity contribution in [3.8, 4) is 0 Å². The normalized spacial score (nSPS) is 10.4. The molecule has 0 saturated carbocycles. The van der Waals surface area contributed by atoms with E-state index in [0.29, 0.717) is 5.11 Å². The molecule has 2 rings (SSSR count). The van der Waals surface area contributed by atoms with Crippen LogP contribution in [-0.4, -0.2) is 25.4 Å². The first-order valence-corrected chi connectivity index (χ1v) is 7.19. The Balaban J connectivity index is 1.88. The van der Waals surface area contributed by atoms with E-state index in [1.54, 1.807) is 7.11 Å². The third-order valence-electron chi connectivity index (χ3n) is 3.13. The van der Waals surface area contributed by atoms with E-state index in [1.807, 2.05) is 0 Å². The van der Waals surface area contributed by atoms with Crippen LogP contribution in [0.5, 0.6) is 0 Å². The Bertz CT molecular complexity index is 566. The zero-order valence-electron chi connectivity index (χ0n) is 11.7. The summed E-state index contributed by atoms with van der Waals surface area (Å²) in [6, 6.07) is 14.7. The van der Waals surface area contributed by atoms with Gasteiger partial charge in [0.1, 0.15) is 0 Å². The van der Waals surface area contributed by atoms with Gasteiger partial charge in [0.2, 0.25) is 0 Å². The van der Waals surface area contributed by atoms with E-state index in [0.717, 1.165) is 26.1 Å². The van der Waals surface area contributed by atoms with E-state index < -0.39 is 0 Å². The van der Waals surface area contributed by atoms with Crippen molar-refractivity contribution in [2.75, 3.05) is 20.3 Å². The summed E-state index contributed by atoms with van der Waals surface area (Å²) >= 11 is 5.26. The summed E-state index contributed by atoms with van der Waals surface area (Å²) in [5, 5.41) is 9.64. The van der Waals surface area contributed by atoms with Crippen molar-refractivity contribution in [3.05, 3.63) is 48.0 Å². The molecule has 0 heterocycles. The number of benzene rings is 2. The van der Waals surface area contributed by atoms with Gasteiger partial charge in [0, 0.05) is 26.8 Å². The average molecular weight is 288 g/mol. The quantitative estimate of drug-likeness (QED) is 0.632. The summed E-state index contributed by atoms with van der Waals surface area (Å²) < 4.78 is 5.00. The summed E-state index contributed by atoms with van der Waals surface area (Å²) in [6.07, 6.45) is 0.951. The van der Waals surface area contributed by atoms with Crippen molar-refractivity contribution in [2.24, 2.45) is 0 Å². The molecule has 3 nitrogen and oxygen atoms in total. The number of hydrogen-bond donors (Lipinski definition) is 2. The van der Waals surface area contributed by atoms with Crippen LogP contribution in [-0.2, 0) is 11.3 Å². The Morgan fingerprint density at radius 2 is 1.90 bits per heavy atom. The minimum absolute atomic E-state index is 0.689. The molecule has 0 atom stereocenters. The lowest BCUT2D eigenvalue weighted by Crippen LogP contribution is -2.35. The minimum Gasteiger partial charge on any atom is -0.385 e. The molecule has 106 valence electrons. The van der Waals surface area contributed by atoms with Crippen molar-refractivity contribution in [2.45, 2.75) is 13.0 Å². The number of thiocarbonyl (C=S) groups is 1. The zero-order chi connectivity index (χ0) is 14.2. The van der Waals surface area contributed by atoms with Gasteiger partial charge in [0.15, 0.2) is 5.11 Å². The Labute approximate surface area is 125 Å². The van der Waals surface area contributed by atoms with Crippen LogP contribution in [0.1, 0.15) is 12.0 Å². The lowest BCUT2D eigenvalue weighted by atomic mass is 10.0. The summed E-state index contributed by atoms with van der Waals surface area (Å²) in [7, 11) is 1.71. The second-order valence-electron chi connectivity index (χ2n) is 4.59. The van der Waals surface area contributed by atoms with E-state index in [-0.39, 0.29) is 0 Å². The number of methoxy groups -OCH3 is 1. The Morgan fingerprint density at radius 3 is 2.75 bits per heavy atom. The molecule has 0 aromatic heterocycles. The van der Waals surface area contributed by atoms with Crippen molar-refractivity contribution in [3.63, 3.8) is 0 Å². The first-order valence-electron chi connectivity index (χ1n) is 6.78. The molecule has 20 heavy (non-hydrogen) atoms. The van der Waals surface area contributed by atoms with E-state index in [1.165, 1.54) is 16.3 Å². The van der Waals surface area contributed by atoms with Gasteiger partial charge in [-0.25, -0.2) is 0 Å². The molecule has 2 aromatic carbocycles. The predicted molar refractivity (Wildman–Crippen MR) is 87.9 cm³/mol. The molecule has 0 aliphatic rings. The molecule has 0 bridgehead atoms. The molecule has 0 aliphatic heterocycles. The largest absolute Gasteiger partial charge is 0.385 e. The lowest BCUT2D eigenvalue weighted by molar-refractivity contribution is 0.195. The van der Waals surface area contributed by atoms with Gasteiger partial charge in [-0.2, -0.15) is 0 Å². The molecule has 0 fully saturated rings. The fraction of sp³-hybridized carbons (Fsp3) is 0.312. The van der Waals surface area contributed by atoms with Gasteiger partial charge in [-0.1, -0.05) is 42.5 Å². The molecule has 0 unspecified atom stereocenters. The van der Waals surface area contributed by atoms with Crippen LogP contribution in [0.15, 0.2) is 42.5 Å².